The van der Waals surface area contributed by atoms with Crippen molar-refractivity contribution in [3.8, 4) is 0 Å². The largest absolute Gasteiger partial charge is 0.504 e. The molecule has 0 aliphatic rings. The van der Waals surface area contributed by atoms with Crippen molar-refractivity contribution in [2.75, 3.05) is 0 Å². The third-order valence-electron chi connectivity index (χ3n) is 0.308. The molecule has 0 fully saturated rings. The minimum absolute atomic E-state index is 0.338. The molecule has 6 heavy (non-hydrogen) atoms. The number of allylic oxidation sites excluding steroid dienone is 1. The van der Waals surface area contributed by atoms with Gasteiger partial charge in [-0.25, -0.2) is 0 Å². The van der Waals surface area contributed by atoms with E-state index in [0.717, 1.165) is 6.08 Å². The average Bonchev–Trinajstić information content (AvgIpc) is 1.65. The molecule has 0 spiro atoms. The molecular weight excluding hydrogens is 80.0 g/mol. The van der Waals surface area contributed by atoms with E-state index in [-0.39, 0.29) is 5.76 Å². The molecule has 0 amide bonds. The van der Waals surface area contributed by atoms with E-state index in [2.05, 4.69) is 6.58 Å². The van der Waals surface area contributed by atoms with Gasteiger partial charge in [-0.15, -0.1) is 0 Å². The molecule has 0 heterocycles. The van der Waals surface area contributed by atoms with E-state index in [1.165, 1.54) is 6.26 Å². The molecule has 2 N–H and O–H groups in total. The summed E-state index contributed by atoms with van der Waals surface area (Å²) in [4.78, 5) is 0. The summed E-state index contributed by atoms with van der Waals surface area (Å²) in [5.41, 5.74) is 0. The molecule has 33 valence electrons. The standard InChI is InChI=1S/C4H5O2/c1-2-4(6)3-5/h2,5-6H,1H2. The second-order valence-electron chi connectivity index (χ2n) is 0.701. The zero-order valence-electron chi connectivity index (χ0n) is 3.18. The van der Waals surface area contributed by atoms with Crippen LogP contribution in [-0.2, 0) is 0 Å². The van der Waals surface area contributed by atoms with Crippen molar-refractivity contribution in [1.29, 1.82) is 0 Å². The van der Waals surface area contributed by atoms with Crippen LogP contribution in [0.15, 0.2) is 18.4 Å². The van der Waals surface area contributed by atoms with Crippen molar-refractivity contribution < 1.29 is 10.2 Å². The average molecular weight is 85.1 g/mol. The molecule has 0 rings (SSSR count). The Bertz CT molecular complexity index is 73.6. The molecule has 1 radical (unpaired) electrons. The smallest absolute Gasteiger partial charge is 0.204 e. The van der Waals surface area contributed by atoms with Crippen molar-refractivity contribution in [2.24, 2.45) is 0 Å². The normalized spacial score (nSPS) is 11.0. The molecule has 2 nitrogen and oxygen atoms in total. The minimum atomic E-state index is -0.338. The lowest BCUT2D eigenvalue weighted by Gasteiger charge is -1.76. The first-order valence-corrected chi connectivity index (χ1v) is 1.39. The number of aliphatic hydroxyl groups is 2. The van der Waals surface area contributed by atoms with Gasteiger partial charge in [-0.05, 0) is 6.08 Å². The number of aliphatic hydroxyl groups excluding tert-OH is 2. The number of hydrogen-bond donors (Lipinski definition) is 2. The van der Waals surface area contributed by atoms with Crippen LogP contribution in [0.3, 0.4) is 0 Å². The van der Waals surface area contributed by atoms with Crippen LogP contribution in [0.4, 0.5) is 0 Å². The zero-order valence-corrected chi connectivity index (χ0v) is 3.18. The Hall–Kier alpha value is -0.920. The van der Waals surface area contributed by atoms with Crippen LogP contribution < -0.4 is 0 Å². The SMILES string of the molecule is C=C/C(O)=[C]/O. The first kappa shape index (κ1) is 5.08. The Morgan fingerprint density at radius 1 is 1.83 bits per heavy atom. The third kappa shape index (κ3) is 1.40. The summed E-state index contributed by atoms with van der Waals surface area (Å²) >= 11 is 0. The molecule has 0 aromatic carbocycles. The summed E-state index contributed by atoms with van der Waals surface area (Å²) in [6.45, 7) is 3.12. The van der Waals surface area contributed by atoms with E-state index in [9.17, 15) is 0 Å². The van der Waals surface area contributed by atoms with Crippen LogP contribution in [0.5, 0.6) is 0 Å². The van der Waals surface area contributed by atoms with Gasteiger partial charge in [0.15, 0.2) is 5.76 Å². The van der Waals surface area contributed by atoms with Gasteiger partial charge in [-0.3, -0.25) is 0 Å². The van der Waals surface area contributed by atoms with E-state index in [1.54, 1.807) is 0 Å². The molecule has 0 aliphatic heterocycles. The molecule has 0 aliphatic carbocycles. The van der Waals surface area contributed by atoms with Gasteiger partial charge in [0.25, 0.3) is 0 Å². The Morgan fingerprint density at radius 2 is 2.33 bits per heavy atom. The molecule has 0 aromatic heterocycles. The van der Waals surface area contributed by atoms with Crippen molar-refractivity contribution >= 4 is 0 Å². The molecular formula is C4H5O2. The van der Waals surface area contributed by atoms with Crippen molar-refractivity contribution in [2.45, 2.75) is 0 Å². The fourth-order valence-corrected chi connectivity index (χ4v) is 0.0456. The van der Waals surface area contributed by atoms with Gasteiger partial charge >= 0.3 is 0 Å². The van der Waals surface area contributed by atoms with Crippen LogP contribution in [0.1, 0.15) is 0 Å². The molecule has 0 saturated carbocycles. The van der Waals surface area contributed by atoms with Gasteiger partial charge in [0, 0.05) is 0 Å². The summed E-state index contributed by atoms with van der Waals surface area (Å²) in [5, 5.41) is 15.8. The maximum absolute atomic E-state index is 8.10. The summed E-state index contributed by atoms with van der Waals surface area (Å²) in [6, 6.07) is 0. The predicted molar refractivity (Wildman–Crippen MR) is 22.2 cm³/mol. The van der Waals surface area contributed by atoms with Crippen LogP contribution in [0, 0.1) is 6.26 Å². The zero-order chi connectivity index (χ0) is 4.99. The van der Waals surface area contributed by atoms with Gasteiger partial charge in [0.2, 0.25) is 6.26 Å². The van der Waals surface area contributed by atoms with E-state index in [0.29, 0.717) is 0 Å². The lowest BCUT2D eigenvalue weighted by Crippen LogP contribution is -1.68. The maximum atomic E-state index is 8.10. The van der Waals surface area contributed by atoms with E-state index in [1.807, 2.05) is 0 Å². The van der Waals surface area contributed by atoms with Gasteiger partial charge in [-0.2, -0.15) is 0 Å². The molecule has 0 saturated heterocycles. The fraction of sp³-hybridized carbons (Fsp3) is 0. The van der Waals surface area contributed by atoms with Crippen LogP contribution in [0.2, 0.25) is 0 Å². The lowest BCUT2D eigenvalue weighted by atomic mass is 10.5. The van der Waals surface area contributed by atoms with E-state index < -0.39 is 0 Å². The second-order valence-corrected chi connectivity index (χ2v) is 0.701. The third-order valence-corrected chi connectivity index (χ3v) is 0.308. The van der Waals surface area contributed by atoms with Crippen molar-refractivity contribution in [3.63, 3.8) is 0 Å². The highest BCUT2D eigenvalue weighted by molar-refractivity contribution is 4.98. The van der Waals surface area contributed by atoms with Crippen LogP contribution in [0.25, 0.3) is 0 Å². The Labute approximate surface area is 36.0 Å². The van der Waals surface area contributed by atoms with E-state index >= 15 is 0 Å². The lowest BCUT2D eigenvalue weighted by molar-refractivity contribution is 0.358. The van der Waals surface area contributed by atoms with Gasteiger partial charge in [0.1, 0.15) is 0 Å². The molecule has 0 aromatic rings. The summed E-state index contributed by atoms with van der Waals surface area (Å²) in [6.07, 6.45) is 2.55. The molecule has 0 bridgehead atoms. The monoisotopic (exact) mass is 85.0 g/mol. The predicted octanol–water partition coefficient (Wildman–Crippen LogP) is 0.933. The van der Waals surface area contributed by atoms with E-state index in [4.69, 9.17) is 10.2 Å². The second kappa shape index (κ2) is 2.33. The highest BCUT2D eigenvalue weighted by Crippen LogP contribution is 1.79. The van der Waals surface area contributed by atoms with Gasteiger partial charge in [0.05, 0.1) is 0 Å². The molecule has 2 heteroatoms. The highest BCUT2D eigenvalue weighted by Gasteiger charge is 1.74. The van der Waals surface area contributed by atoms with Gasteiger partial charge in [-0.1, -0.05) is 6.58 Å². The Balaban J connectivity index is 3.50. The number of hydrogen-bond acceptors (Lipinski definition) is 2. The minimum Gasteiger partial charge on any atom is -0.504 e. The highest BCUT2D eigenvalue weighted by atomic mass is 16.3. The van der Waals surface area contributed by atoms with Crippen molar-refractivity contribution in [3.05, 3.63) is 24.7 Å². The quantitative estimate of drug-likeness (QED) is 0.367. The Kier molecular flexibility index (Phi) is 1.97. The first-order valence-electron chi connectivity index (χ1n) is 1.39. The van der Waals surface area contributed by atoms with Crippen molar-refractivity contribution in [1.82, 2.24) is 0 Å². The summed E-state index contributed by atoms with van der Waals surface area (Å²) < 4.78 is 0. The van der Waals surface area contributed by atoms with Gasteiger partial charge < -0.3 is 10.2 Å². The first-order chi connectivity index (χ1) is 2.81. The fourth-order valence-electron chi connectivity index (χ4n) is 0.0456. The number of rotatable bonds is 1. The van der Waals surface area contributed by atoms with Crippen LogP contribution in [-0.4, -0.2) is 10.2 Å². The topological polar surface area (TPSA) is 40.5 Å². The summed E-state index contributed by atoms with van der Waals surface area (Å²) in [5.74, 6) is -0.338. The summed E-state index contributed by atoms with van der Waals surface area (Å²) in [7, 11) is 0. The van der Waals surface area contributed by atoms with Crippen LogP contribution >= 0.6 is 0 Å². The maximum Gasteiger partial charge on any atom is 0.204 e. The molecule has 0 atom stereocenters. The Morgan fingerprint density at radius 3 is 2.33 bits per heavy atom. The molecule has 0 unspecified atom stereocenters.